The number of rotatable bonds is 5. The van der Waals surface area contributed by atoms with Gasteiger partial charge in [-0.15, -0.1) is 0 Å². The van der Waals surface area contributed by atoms with Crippen molar-refractivity contribution in [1.82, 2.24) is 0 Å². The first-order valence-electron chi connectivity index (χ1n) is 6.42. The third kappa shape index (κ3) is 6.91. The Kier molecular flexibility index (Phi) is 8.14. The Morgan fingerprint density at radius 1 is 1.14 bits per heavy atom. The number of aliphatic carboxylic acids is 2. The zero-order valence-corrected chi connectivity index (χ0v) is 12.1. The maximum absolute atomic E-state index is 9.55. The summed E-state index contributed by atoms with van der Waals surface area (Å²) in [5, 5.41) is 23.1. The van der Waals surface area contributed by atoms with E-state index in [4.69, 9.17) is 21.4 Å². The van der Waals surface area contributed by atoms with Gasteiger partial charge in [-0.25, -0.2) is 9.59 Å². The van der Waals surface area contributed by atoms with E-state index in [1.54, 1.807) is 0 Å². The van der Waals surface area contributed by atoms with Gasteiger partial charge in [-0.05, 0) is 24.0 Å². The van der Waals surface area contributed by atoms with Gasteiger partial charge in [0.1, 0.15) is 5.84 Å². The number of nitrogen functional groups attached to an aromatic ring is 1. The Morgan fingerprint density at radius 3 is 2.00 bits per heavy atom. The number of aryl methyl sites for hydroxylation is 1. The second kappa shape index (κ2) is 9.30. The predicted octanol–water partition coefficient (Wildman–Crippen LogP) is 1.81. The molecule has 1 aromatic carbocycles. The van der Waals surface area contributed by atoms with Crippen LogP contribution >= 0.6 is 0 Å². The average Bonchev–Trinajstić information content (AvgIpc) is 2.44. The second-order valence-corrected chi connectivity index (χ2v) is 4.07. The van der Waals surface area contributed by atoms with Gasteiger partial charge < -0.3 is 15.9 Å². The van der Waals surface area contributed by atoms with Crippen LogP contribution in [0.4, 0.5) is 0 Å². The monoisotopic (exact) mass is 292 g/mol. The number of carbonyl (C=O) groups is 2. The summed E-state index contributed by atoms with van der Waals surface area (Å²) < 4.78 is 0. The molecule has 21 heavy (non-hydrogen) atoms. The quantitative estimate of drug-likeness (QED) is 0.374. The van der Waals surface area contributed by atoms with E-state index < -0.39 is 11.9 Å². The smallest absolute Gasteiger partial charge is 0.328 e. The molecule has 0 unspecified atom stereocenters. The Bertz CT molecular complexity index is 535. The summed E-state index contributed by atoms with van der Waals surface area (Å²) in [6.45, 7) is 4.22. The van der Waals surface area contributed by atoms with E-state index in [-0.39, 0.29) is 5.84 Å². The molecule has 0 heterocycles. The summed E-state index contributed by atoms with van der Waals surface area (Å²) in [6.07, 6.45) is 3.06. The van der Waals surface area contributed by atoms with Gasteiger partial charge in [-0.2, -0.15) is 0 Å². The van der Waals surface area contributed by atoms with Crippen molar-refractivity contribution in [2.24, 2.45) is 5.73 Å². The topological polar surface area (TPSA) is 124 Å². The van der Waals surface area contributed by atoms with Gasteiger partial charge in [-0.1, -0.05) is 32.0 Å². The molecular formula is C15H20N2O4. The van der Waals surface area contributed by atoms with Crippen LogP contribution in [0.5, 0.6) is 0 Å². The third-order valence-corrected chi connectivity index (χ3v) is 2.67. The molecule has 0 aromatic heterocycles. The van der Waals surface area contributed by atoms with Crippen molar-refractivity contribution < 1.29 is 19.8 Å². The number of hydrogen-bond acceptors (Lipinski definition) is 3. The number of benzene rings is 1. The predicted molar refractivity (Wildman–Crippen MR) is 80.6 cm³/mol. The highest BCUT2D eigenvalue weighted by atomic mass is 16.4. The molecule has 0 radical (unpaired) electrons. The van der Waals surface area contributed by atoms with Gasteiger partial charge in [0.15, 0.2) is 0 Å². The highest BCUT2D eigenvalue weighted by Gasteiger charge is 2.06. The van der Waals surface area contributed by atoms with Gasteiger partial charge in [-0.3, -0.25) is 5.41 Å². The van der Waals surface area contributed by atoms with Crippen LogP contribution in [0, 0.1) is 5.41 Å². The summed E-state index contributed by atoms with van der Waals surface area (Å²) in [4.78, 5) is 19.1. The number of hydrogen-bond donors (Lipinski definition) is 4. The number of carboxylic acid groups (broad SMARTS) is 2. The van der Waals surface area contributed by atoms with Gasteiger partial charge in [0.05, 0.1) is 0 Å². The van der Waals surface area contributed by atoms with Crippen molar-refractivity contribution in [3.05, 3.63) is 47.0 Å². The summed E-state index contributed by atoms with van der Waals surface area (Å²) in [5.74, 6) is -2.34. The number of carboxylic acids is 2. The van der Waals surface area contributed by atoms with Crippen LogP contribution in [0.1, 0.15) is 30.5 Å². The van der Waals surface area contributed by atoms with E-state index in [9.17, 15) is 9.59 Å². The fourth-order valence-electron chi connectivity index (χ4n) is 1.78. The summed E-state index contributed by atoms with van der Waals surface area (Å²) in [5.41, 5.74) is 8.91. The molecule has 0 fully saturated rings. The molecule has 6 heteroatoms. The van der Waals surface area contributed by atoms with Crippen molar-refractivity contribution in [3.8, 4) is 0 Å². The summed E-state index contributed by atoms with van der Waals surface area (Å²) >= 11 is 0. The van der Waals surface area contributed by atoms with Crippen molar-refractivity contribution in [1.29, 1.82) is 5.41 Å². The van der Waals surface area contributed by atoms with E-state index in [0.717, 1.165) is 18.4 Å². The highest BCUT2D eigenvalue weighted by Crippen LogP contribution is 2.15. The minimum absolute atomic E-state index is 0.173. The molecule has 0 bridgehead atoms. The first-order valence-corrected chi connectivity index (χ1v) is 6.42. The standard InChI is InChI=1S/C11H16N2.C4H4O4/c1-3-8-6-5-7-10(11(12)13)9(8)4-2;5-3(6)1-2-4(7)8/h5-7H,3-4H2,1-2H3,(H3,12,13);1-2H,(H,5,6)(H,7,8)/b;2-1-. The largest absolute Gasteiger partial charge is 0.478 e. The number of nitrogens with two attached hydrogens (primary N) is 1. The maximum Gasteiger partial charge on any atom is 0.328 e. The Hall–Kier alpha value is -2.63. The van der Waals surface area contributed by atoms with Crippen LogP contribution in [0.15, 0.2) is 30.4 Å². The molecule has 0 aliphatic rings. The van der Waals surface area contributed by atoms with Crippen LogP contribution in [-0.4, -0.2) is 28.0 Å². The molecular weight excluding hydrogens is 272 g/mol. The molecule has 0 amide bonds. The fourth-order valence-corrected chi connectivity index (χ4v) is 1.78. The highest BCUT2D eigenvalue weighted by molar-refractivity contribution is 5.96. The van der Waals surface area contributed by atoms with Crippen LogP contribution in [-0.2, 0) is 22.4 Å². The summed E-state index contributed by atoms with van der Waals surface area (Å²) in [6, 6.07) is 5.99. The lowest BCUT2D eigenvalue weighted by Gasteiger charge is -2.10. The lowest BCUT2D eigenvalue weighted by molar-refractivity contribution is -0.134. The SMILES string of the molecule is CCc1cccc(C(=N)N)c1CC.O=C(O)/C=C\C(=O)O. The second-order valence-electron chi connectivity index (χ2n) is 4.07. The van der Waals surface area contributed by atoms with Crippen LogP contribution < -0.4 is 5.73 Å². The van der Waals surface area contributed by atoms with Gasteiger partial charge in [0, 0.05) is 17.7 Å². The van der Waals surface area contributed by atoms with E-state index in [1.165, 1.54) is 11.1 Å². The number of nitrogens with one attached hydrogen (secondary N) is 1. The molecule has 114 valence electrons. The third-order valence-electron chi connectivity index (χ3n) is 2.67. The molecule has 0 atom stereocenters. The zero-order valence-electron chi connectivity index (χ0n) is 12.1. The van der Waals surface area contributed by atoms with Crippen LogP contribution in [0.2, 0.25) is 0 Å². The number of amidine groups is 1. The molecule has 0 aliphatic heterocycles. The van der Waals surface area contributed by atoms with E-state index >= 15 is 0 Å². The fraction of sp³-hybridized carbons (Fsp3) is 0.267. The summed E-state index contributed by atoms with van der Waals surface area (Å²) in [7, 11) is 0. The van der Waals surface area contributed by atoms with Gasteiger partial charge in [0.25, 0.3) is 0 Å². The van der Waals surface area contributed by atoms with Gasteiger partial charge in [0.2, 0.25) is 0 Å². The average molecular weight is 292 g/mol. The van der Waals surface area contributed by atoms with Gasteiger partial charge >= 0.3 is 11.9 Å². The minimum atomic E-state index is -1.26. The first kappa shape index (κ1) is 18.4. The Balaban J connectivity index is 0.000000433. The van der Waals surface area contributed by atoms with Crippen LogP contribution in [0.25, 0.3) is 0 Å². The Labute approximate surface area is 123 Å². The maximum atomic E-state index is 9.55. The van der Waals surface area contributed by atoms with Crippen molar-refractivity contribution >= 4 is 17.8 Å². The van der Waals surface area contributed by atoms with Crippen molar-refractivity contribution in [2.75, 3.05) is 0 Å². The van der Waals surface area contributed by atoms with E-state index in [0.29, 0.717) is 12.2 Å². The Morgan fingerprint density at radius 2 is 1.67 bits per heavy atom. The zero-order chi connectivity index (χ0) is 16.4. The molecule has 0 saturated carbocycles. The molecule has 0 spiro atoms. The minimum Gasteiger partial charge on any atom is -0.478 e. The van der Waals surface area contributed by atoms with Crippen molar-refractivity contribution in [2.45, 2.75) is 26.7 Å². The van der Waals surface area contributed by atoms with E-state index in [1.807, 2.05) is 12.1 Å². The molecule has 5 N–H and O–H groups in total. The molecule has 0 aliphatic carbocycles. The molecule has 1 rings (SSSR count). The lowest BCUT2D eigenvalue weighted by atomic mass is 9.97. The van der Waals surface area contributed by atoms with E-state index in [2.05, 4.69) is 19.9 Å². The molecule has 0 saturated heterocycles. The van der Waals surface area contributed by atoms with Crippen molar-refractivity contribution in [3.63, 3.8) is 0 Å². The normalized spacial score (nSPS) is 9.81. The lowest BCUT2D eigenvalue weighted by Crippen LogP contribution is -2.14. The first-order chi connectivity index (χ1) is 9.83. The van der Waals surface area contributed by atoms with Crippen LogP contribution in [0.3, 0.4) is 0 Å². The molecule has 6 nitrogen and oxygen atoms in total. The molecule has 1 aromatic rings.